The van der Waals surface area contributed by atoms with Crippen LogP contribution in [-0.4, -0.2) is 30.7 Å². The van der Waals surface area contributed by atoms with Gasteiger partial charge in [0.25, 0.3) is 0 Å². The molecule has 0 atom stereocenters. The van der Waals surface area contributed by atoms with Gasteiger partial charge in [-0.05, 0) is 0 Å². The van der Waals surface area contributed by atoms with Crippen LogP contribution in [0.15, 0.2) is 18.5 Å². The lowest BCUT2D eigenvalue weighted by atomic mass is 10.5. The fraction of sp³-hybridized carbons (Fsp3) is 0.250. The summed E-state index contributed by atoms with van der Waals surface area (Å²) >= 11 is 0. The summed E-state index contributed by atoms with van der Waals surface area (Å²) < 4.78 is 1.56. The number of hydrogen-bond acceptors (Lipinski definition) is 5. The number of nitrogens with zero attached hydrogens (tertiary/aromatic N) is 5. The van der Waals surface area contributed by atoms with Gasteiger partial charge in [0.2, 0.25) is 5.91 Å². The van der Waals surface area contributed by atoms with Crippen LogP contribution in [0.25, 0.3) is 0 Å². The summed E-state index contributed by atoms with van der Waals surface area (Å²) in [5, 5.41) is 14.2. The van der Waals surface area contributed by atoms with E-state index in [0.29, 0.717) is 5.82 Å². The number of carbonyl (C=O) groups excluding carboxylic acids is 1. The van der Waals surface area contributed by atoms with E-state index in [2.05, 4.69) is 20.6 Å². The van der Waals surface area contributed by atoms with Crippen LogP contribution in [0.2, 0.25) is 0 Å². The molecule has 2 rings (SSSR count). The molecule has 0 aliphatic carbocycles. The lowest BCUT2D eigenvalue weighted by Gasteiger charge is -2.04. The molecule has 2 aromatic heterocycles. The Balaban J connectivity index is 1.97. The van der Waals surface area contributed by atoms with E-state index >= 15 is 0 Å². The number of nitrogen functional groups attached to an aromatic ring is 1. The molecule has 0 radical (unpaired) electrons. The first kappa shape index (κ1) is 10.1. The number of amides is 1. The van der Waals surface area contributed by atoms with Gasteiger partial charge in [0.05, 0.1) is 12.4 Å². The van der Waals surface area contributed by atoms with Crippen LogP contribution in [0.1, 0.15) is 0 Å². The molecule has 0 unspecified atom stereocenters. The Morgan fingerprint density at radius 2 is 2.38 bits per heavy atom. The van der Waals surface area contributed by atoms with Crippen LogP contribution in [-0.2, 0) is 18.4 Å². The van der Waals surface area contributed by atoms with Gasteiger partial charge in [0, 0.05) is 13.1 Å². The Hall–Kier alpha value is -2.38. The first-order valence-corrected chi connectivity index (χ1v) is 4.58. The molecule has 0 bridgehead atoms. The van der Waals surface area contributed by atoms with Crippen molar-refractivity contribution in [2.75, 3.05) is 11.1 Å². The molecule has 8 nitrogen and oxygen atoms in total. The van der Waals surface area contributed by atoms with Crippen LogP contribution >= 0.6 is 0 Å². The number of anilines is 2. The van der Waals surface area contributed by atoms with Gasteiger partial charge in [-0.3, -0.25) is 9.48 Å². The quantitative estimate of drug-likeness (QED) is 0.708. The molecule has 16 heavy (non-hydrogen) atoms. The third-order valence-electron chi connectivity index (χ3n) is 1.93. The van der Waals surface area contributed by atoms with Gasteiger partial charge < -0.3 is 11.1 Å². The summed E-state index contributed by atoms with van der Waals surface area (Å²) in [7, 11) is 1.74. The summed E-state index contributed by atoms with van der Waals surface area (Å²) in [4.78, 5) is 12.8. The third-order valence-corrected chi connectivity index (χ3v) is 1.93. The first-order chi connectivity index (χ1) is 7.65. The molecule has 0 fully saturated rings. The van der Waals surface area contributed by atoms with Crippen molar-refractivity contribution in [1.29, 1.82) is 0 Å². The summed E-state index contributed by atoms with van der Waals surface area (Å²) in [6.45, 7) is 0.0162. The molecule has 2 aromatic rings. The van der Waals surface area contributed by atoms with Crippen LogP contribution in [0.3, 0.4) is 0 Å². The molecule has 1 amide bonds. The van der Waals surface area contributed by atoms with Crippen LogP contribution in [0.5, 0.6) is 0 Å². The lowest BCUT2D eigenvalue weighted by Crippen LogP contribution is -2.21. The fourth-order valence-electron chi connectivity index (χ4n) is 1.19. The molecule has 8 heteroatoms. The van der Waals surface area contributed by atoms with E-state index < -0.39 is 0 Å². The highest BCUT2D eigenvalue weighted by Crippen LogP contribution is 2.03. The average molecular weight is 221 g/mol. The molecular formula is C8H11N7O. The second kappa shape index (κ2) is 4.01. The number of hydrogen-bond donors (Lipinski definition) is 2. The SMILES string of the molecule is Cn1nccc1NC(=O)Cn1ncc(N)n1. The van der Waals surface area contributed by atoms with E-state index in [1.165, 1.54) is 11.0 Å². The maximum absolute atomic E-state index is 11.5. The summed E-state index contributed by atoms with van der Waals surface area (Å²) in [5.74, 6) is 0.665. The van der Waals surface area contributed by atoms with Gasteiger partial charge in [-0.2, -0.15) is 15.0 Å². The standard InChI is InChI=1S/C8H11N7O/c1-14-7(2-3-10-14)12-8(16)5-15-11-4-6(9)13-15/h2-4H,5H2,1H3,(H2,9,13)(H,12,16). The second-order valence-corrected chi connectivity index (χ2v) is 3.19. The van der Waals surface area contributed by atoms with Gasteiger partial charge in [0.15, 0.2) is 5.82 Å². The molecule has 3 N–H and O–H groups in total. The average Bonchev–Trinajstić information content (AvgIpc) is 2.77. The molecule has 2 heterocycles. The van der Waals surface area contributed by atoms with Crippen molar-refractivity contribution in [3.05, 3.63) is 18.5 Å². The first-order valence-electron chi connectivity index (χ1n) is 4.58. The molecular weight excluding hydrogens is 210 g/mol. The van der Waals surface area contributed by atoms with E-state index in [-0.39, 0.29) is 18.3 Å². The van der Waals surface area contributed by atoms with Crippen molar-refractivity contribution < 1.29 is 4.79 Å². The van der Waals surface area contributed by atoms with Crippen molar-refractivity contribution in [2.45, 2.75) is 6.54 Å². The Bertz CT molecular complexity index is 500. The number of aryl methyl sites for hydroxylation is 1. The zero-order valence-corrected chi connectivity index (χ0v) is 8.66. The minimum atomic E-state index is -0.237. The van der Waals surface area contributed by atoms with Gasteiger partial charge in [-0.25, -0.2) is 0 Å². The van der Waals surface area contributed by atoms with Gasteiger partial charge in [0.1, 0.15) is 12.4 Å². The molecule has 0 aliphatic rings. The van der Waals surface area contributed by atoms with Crippen molar-refractivity contribution in [2.24, 2.45) is 7.05 Å². The number of rotatable bonds is 3. The molecule has 0 spiro atoms. The van der Waals surface area contributed by atoms with Gasteiger partial charge in [-0.1, -0.05) is 0 Å². The highest BCUT2D eigenvalue weighted by Gasteiger charge is 2.07. The molecule has 0 aliphatic heterocycles. The van der Waals surface area contributed by atoms with E-state index in [9.17, 15) is 4.79 Å². The van der Waals surface area contributed by atoms with Crippen LogP contribution in [0.4, 0.5) is 11.6 Å². The maximum atomic E-state index is 11.5. The Kier molecular flexibility index (Phi) is 2.54. The molecule has 0 saturated carbocycles. The smallest absolute Gasteiger partial charge is 0.249 e. The normalized spacial score (nSPS) is 10.3. The maximum Gasteiger partial charge on any atom is 0.249 e. The molecule has 84 valence electrons. The Morgan fingerprint density at radius 3 is 2.94 bits per heavy atom. The molecule has 0 aromatic carbocycles. The molecule has 0 saturated heterocycles. The van der Waals surface area contributed by atoms with Crippen LogP contribution < -0.4 is 11.1 Å². The highest BCUT2D eigenvalue weighted by atomic mass is 16.2. The van der Waals surface area contributed by atoms with Crippen LogP contribution in [0, 0.1) is 0 Å². The number of nitrogens with one attached hydrogen (secondary N) is 1. The zero-order chi connectivity index (χ0) is 11.5. The van der Waals surface area contributed by atoms with Crippen molar-refractivity contribution in [1.82, 2.24) is 24.8 Å². The van der Waals surface area contributed by atoms with E-state index in [4.69, 9.17) is 5.73 Å². The second-order valence-electron chi connectivity index (χ2n) is 3.19. The lowest BCUT2D eigenvalue weighted by molar-refractivity contribution is -0.117. The summed E-state index contributed by atoms with van der Waals surface area (Å²) in [6.07, 6.45) is 2.98. The number of carbonyl (C=O) groups is 1. The van der Waals surface area contributed by atoms with Gasteiger partial charge >= 0.3 is 0 Å². The Labute approximate surface area is 91.0 Å². The van der Waals surface area contributed by atoms with E-state index in [0.717, 1.165) is 0 Å². The van der Waals surface area contributed by atoms with E-state index in [1.54, 1.807) is 24.0 Å². The number of aromatic nitrogens is 5. The zero-order valence-electron chi connectivity index (χ0n) is 8.66. The Morgan fingerprint density at radius 1 is 1.56 bits per heavy atom. The third kappa shape index (κ3) is 2.16. The van der Waals surface area contributed by atoms with Crippen molar-refractivity contribution >= 4 is 17.5 Å². The largest absolute Gasteiger partial charge is 0.381 e. The predicted molar refractivity (Wildman–Crippen MR) is 56.3 cm³/mol. The topological polar surface area (TPSA) is 104 Å². The minimum Gasteiger partial charge on any atom is -0.381 e. The monoisotopic (exact) mass is 221 g/mol. The van der Waals surface area contributed by atoms with Gasteiger partial charge in [-0.15, -0.1) is 5.10 Å². The van der Waals surface area contributed by atoms with Crippen molar-refractivity contribution in [3.63, 3.8) is 0 Å². The summed E-state index contributed by atoms with van der Waals surface area (Å²) in [6, 6.07) is 1.70. The number of nitrogens with two attached hydrogens (primary N) is 1. The fourth-order valence-corrected chi connectivity index (χ4v) is 1.19. The highest BCUT2D eigenvalue weighted by molar-refractivity contribution is 5.89. The van der Waals surface area contributed by atoms with Crippen molar-refractivity contribution in [3.8, 4) is 0 Å². The minimum absolute atomic E-state index is 0.0162. The summed E-state index contributed by atoms with van der Waals surface area (Å²) in [5.41, 5.74) is 5.37. The predicted octanol–water partition coefficient (Wildman–Crippen LogP) is -0.768. The van der Waals surface area contributed by atoms with E-state index in [1.807, 2.05) is 0 Å².